The van der Waals surface area contributed by atoms with Crippen molar-refractivity contribution < 1.29 is 4.79 Å². The lowest BCUT2D eigenvalue weighted by atomic mass is 10.3. The van der Waals surface area contributed by atoms with E-state index >= 15 is 0 Å². The summed E-state index contributed by atoms with van der Waals surface area (Å²) >= 11 is 1.71. The van der Waals surface area contributed by atoms with Gasteiger partial charge < -0.3 is 11.1 Å². The van der Waals surface area contributed by atoms with E-state index in [-0.39, 0.29) is 5.91 Å². The standard InChI is InChI=1S/C15H19N3OS/c1-2-18(10-14-7-4-8-20-14)11-15(19)17-13-6-3-5-12(16)9-13/h3-9H,2,10-11,16H2,1H3,(H,17,19). The number of carbonyl (C=O) groups excluding carboxylic acids is 1. The molecule has 0 saturated heterocycles. The van der Waals surface area contributed by atoms with E-state index in [0.29, 0.717) is 12.2 Å². The van der Waals surface area contributed by atoms with Crippen LogP contribution in [-0.2, 0) is 11.3 Å². The van der Waals surface area contributed by atoms with Gasteiger partial charge in [-0.25, -0.2) is 0 Å². The lowest BCUT2D eigenvalue weighted by Gasteiger charge is -2.19. The molecule has 2 aromatic rings. The second-order valence-electron chi connectivity index (χ2n) is 4.56. The Bertz CT molecular complexity index is 554. The number of hydrogen-bond acceptors (Lipinski definition) is 4. The summed E-state index contributed by atoms with van der Waals surface area (Å²) in [5.74, 6) is -0.0194. The van der Waals surface area contributed by atoms with E-state index in [1.807, 2.05) is 18.2 Å². The Balaban J connectivity index is 1.89. The van der Waals surface area contributed by atoms with Gasteiger partial charge >= 0.3 is 0 Å². The minimum Gasteiger partial charge on any atom is -0.399 e. The predicted molar refractivity (Wildman–Crippen MR) is 84.8 cm³/mol. The molecule has 1 heterocycles. The van der Waals surface area contributed by atoms with E-state index in [4.69, 9.17) is 5.73 Å². The maximum Gasteiger partial charge on any atom is 0.238 e. The van der Waals surface area contributed by atoms with Crippen LogP contribution < -0.4 is 11.1 Å². The monoisotopic (exact) mass is 289 g/mol. The number of nitrogens with two attached hydrogens (primary N) is 1. The van der Waals surface area contributed by atoms with Crippen molar-refractivity contribution in [3.63, 3.8) is 0 Å². The summed E-state index contributed by atoms with van der Waals surface area (Å²) in [4.78, 5) is 15.4. The van der Waals surface area contributed by atoms with E-state index in [9.17, 15) is 4.79 Å². The van der Waals surface area contributed by atoms with Crippen molar-refractivity contribution in [3.05, 3.63) is 46.7 Å². The number of benzene rings is 1. The van der Waals surface area contributed by atoms with Crippen molar-refractivity contribution >= 4 is 28.6 Å². The second-order valence-corrected chi connectivity index (χ2v) is 5.59. The minimum absolute atomic E-state index is 0.0194. The van der Waals surface area contributed by atoms with E-state index in [2.05, 4.69) is 28.6 Å². The second kappa shape index (κ2) is 7.07. The van der Waals surface area contributed by atoms with Gasteiger partial charge in [0, 0.05) is 22.8 Å². The van der Waals surface area contributed by atoms with Crippen LogP contribution in [0.15, 0.2) is 41.8 Å². The van der Waals surface area contributed by atoms with Crippen LogP contribution in [0.3, 0.4) is 0 Å². The number of likely N-dealkylation sites (N-methyl/N-ethyl adjacent to an activating group) is 1. The molecule has 0 unspecified atom stereocenters. The van der Waals surface area contributed by atoms with Gasteiger partial charge in [-0.1, -0.05) is 19.1 Å². The van der Waals surface area contributed by atoms with Crippen molar-refractivity contribution in [1.82, 2.24) is 4.90 Å². The Morgan fingerprint density at radius 1 is 1.35 bits per heavy atom. The molecular weight excluding hydrogens is 270 g/mol. The van der Waals surface area contributed by atoms with E-state index in [1.165, 1.54) is 4.88 Å². The minimum atomic E-state index is -0.0194. The van der Waals surface area contributed by atoms with Gasteiger partial charge in [0.25, 0.3) is 0 Å². The Morgan fingerprint density at radius 3 is 2.85 bits per heavy atom. The zero-order chi connectivity index (χ0) is 14.4. The van der Waals surface area contributed by atoms with E-state index in [1.54, 1.807) is 23.5 Å². The molecule has 0 spiro atoms. The lowest BCUT2D eigenvalue weighted by molar-refractivity contribution is -0.117. The lowest BCUT2D eigenvalue weighted by Crippen LogP contribution is -2.32. The summed E-state index contributed by atoms with van der Waals surface area (Å²) in [5, 5.41) is 4.92. The van der Waals surface area contributed by atoms with Gasteiger partial charge in [0.05, 0.1) is 6.54 Å². The molecule has 106 valence electrons. The molecule has 0 fully saturated rings. The molecule has 0 aliphatic rings. The Kier molecular flexibility index (Phi) is 5.15. The van der Waals surface area contributed by atoms with Crippen molar-refractivity contribution in [1.29, 1.82) is 0 Å². The number of nitrogens with one attached hydrogen (secondary N) is 1. The molecule has 4 nitrogen and oxygen atoms in total. The summed E-state index contributed by atoms with van der Waals surface area (Å²) in [6.07, 6.45) is 0. The third kappa shape index (κ3) is 4.36. The average Bonchev–Trinajstić information content (AvgIpc) is 2.90. The molecule has 20 heavy (non-hydrogen) atoms. The molecule has 0 bridgehead atoms. The molecule has 0 saturated carbocycles. The van der Waals surface area contributed by atoms with Crippen molar-refractivity contribution in [2.75, 3.05) is 24.1 Å². The van der Waals surface area contributed by atoms with Crippen LogP contribution in [0.5, 0.6) is 0 Å². The molecule has 5 heteroatoms. The fraction of sp³-hybridized carbons (Fsp3) is 0.267. The molecule has 1 aromatic carbocycles. The molecule has 3 N–H and O–H groups in total. The Morgan fingerprint density at radius 2 is 2.20 bits per heavy atom. The maximum atomic E-state index is 12.0. The fourth-order valence-electron chi connectivity index (χ4n) is 1.92. The van der Waals surface area contributed by atoms with Crippen LogP contribution in [0, 0.1) is 0 Å². The highest BCUT2D eigenvalue weighted by molar-refractivity contribution is 7.09. The van der Waals surface area contributed by atoms with Crippen LogP contribution in [0.1, 0.15) is 11.8 Å². The van der Waals surface area contributed by atoms with Gasteiger partial charge in [-0.3, -0.25) is 9.69 Å². The number of rotatable bonds is 6. The number of hydrogen-bond donors (Lipinski definition) is 2. The van der Waals surface area contributed by atoms with Crippen molar-refractivity contribution in [2.24, 2.45) is 0 Å². The molecule has 0 aliphatic carbocycles. The Hall–Kier alpha value is -1.85. The first-order valence-electron chi connectivity index (χ1n) is 6.57. The number of anilines is 2. The van der Waals surface area contributed by atoms with E-state index in [0.717, 1.165) is 18.8 Å². The molecule has 1 amide bonds. The number of nitrogens with zero attached hydrogens (tertiary/aromatic N) is 1. The fourth-order valence-corrected chi connectivity index (χ4v) is 2.67. The predicted octanol–water partition coefficient (Wildman–Crippen LogP) is 2.79. The number of nitrogen functional groups attached to an aromatic ring is 1. The summed E-state index contributed by atoms with van der Waals surface area (Å²) in [6.45, 7) is 4.07. The quantitative estimate of drug-likeness (QED) is 0.804. The molecule has 0 aliphatic heterocycles. The zero-order valence-electron chi connectivity index (χ0n) is 11.5. The normalized spacial score (nSPS) is 10.7. The largest absolute Gasteiger partial charge is 0.399 e. The third-order valence-electron chi connectivity index (χ3n) is 2.94. The van der Waals surface area contributed by atoms with Crippen LogP contribution >= 0.6 is 11.3 Å². The molecule has 0 atom stereocenters. The number of thiophene rings is 1. The Labute approximate surface area is 123 Å². The van der Waals surface area contributed by atoms with Gasteiger partial charge in [-0.15, -0.1) is 11.3 Å². The average molecular weight is 289 g/mol. The topological polar surface area (TPSA) is 58.4 Å². The first kappa shape index (κ1) is 14.6. The third-order valence-corrected chi connectivity index (χ3v) is 3.81. The van der Waals surface area contributed by atoms with Crippen molar-refractivity contribution in [2.45, 2.75) is 13.5 Å². The van der Waals surface area contributed by atoms with Crippen LogP contribution in [0.25, 0.3) is 0 Å². The van der Waals surface area contributed by atoms with Gasteiger partial charge in [-0.2, -0.15) is 0 Å². The number of amides is 1. The van der Waals surface area contributed by atoms with Crippen LogP contribution in [0.2, 0.25) is 0 Å². The van der Waals surface area contributed by atoms with Gasteiger partial charge in [0.2, 0.25) is 5.91 Å². The summed E-state index contributed by atoms with van der Waals surface area (Å²) < 4.78 is 0. The highest BCUT2D eigenvalue weighted by atomic mass is 32.1. The maximum absolute atomic E-state index is 12.0. The van der Waals surface area contributed by atoms with Crippen LogP contribution in [0.4, 0.5) is 11.4 Å². The SMILES string of the molecule is CCN(CC(=O)Nc1cccc(N)c1)Cc1cccs1. The van der Waals surface area contributed by atoms with Gasteiger partial charge in [0.15, 0.2) is 0 Å². The molecular formula is C15H19N3OS. The highest BCUT2D eigenvalue weighted by Crippen LogP contribution is 2.13. The van der Waals surface area contributed by atoms with Gasteiger partial charge in [0.1, 0.15) is 0 Å². The molecule has 2 rings (SSSR count). The first-order chi connectivity index (χ1) is 9.67. The smallest absolute Gasteiger partial charge is 0.238 e. The highest BCUT2D eigenvalue weighted by Gasteiger charge is 2.10. The van der Waals surface area contributed by atoms with Crippen LogP contribution in [-0.4, -0.2) is 23.9 Å². The zero-order valence-corrected chi connectivity index (χ0v) is 12.3. The first-order valence-corrected chi connectivity index (χ1v) is 7.45. The summed E-state index contributed by atoms with van der Waals surface area (Å²) in [7, 11) is 0. The van der Waals surface area contributed by atoms with Gasteiger partial charge in [-0.05, 0) is 36.2 Å². The molecule has 0 radical (unpaired) electrons. The number of carbonyl (C=O) groups is 1. The molecule has 1 aromatic heterocycles. The van der Waals surface area contributed by atoms with Crippen molar-refractivity contribution in [3.8, 4) is 0 Å². The van der Waals surface area contributed by atoms with E-state index < -0.39 is 0 Å². The summed E-state index contributed by atoms with van der Waals surface area (Å²) in [6, 6.07) is 11.3. The summed E-state index contributed by atoms with van der Waals surface area (Å²) in [5.41, 5.74) is 7.08.